The van der Waals surface area contributed by atoms with Gasteiger partial charge in [0.25, 0.3) is 0 Å². The Kier molecular flexibility index (Phi) is 5.18. The second kappa shape index (κ2) is 6.89. The van der Waals surface area contributed by atoms with Crippen molar-refractivity contribution in [2.24, 2.45) is 5.92 Å². The van der Waals surface area contributed by atoms with Crippen LogP contribution in [0.5, 0.6) is 0 Å². The van der Waals surface area contributed by atoms with E-state index in [4.69, 9.17) is 0 Å². The van der Waals surface area contributed by atoms with Gasteiger partial charge in [-0.2, -0.15) is 0 Å². The van der Waals surface area contributed by atoms with Crippen LogP contribution in [0.2, 0.25) is 0 Å². The van der Waals surface area contributed by atoms with Gasteiger partial charge in [0.15, 0.2) is 0 Å². The first-order chi connectivity index (χ1) is 9.69. The van der Waals surface area contributed by atoms with Crippen LogP contribution in [0.15, 0.2) is 18.2 Å². The molecule has 3 nitrogen and oxygen atoms in total. The molecule has 1 heterocycles. The summed E-state index contributed by atoms with van der Waals surface area (Å²) in [4.78, 5) is 11.5. The van der Waals surface area contributed by atoms with E-state index in [1.165, 1.54) is 31.2 Å². The summed E-state index contributed by atoms with van der Waals surface area (Å²) >= 11 is 0. The zero-order chi connectivity index (χ0) is 14.5. The lowest BCUT2D eigenvalue weighted by Gasteiger charge is -2.27. The number of carbonyl (C=O) groups is 1. The maximum Gasteiger partial charge on any atom is 0.228 e. The fourth-order valence-corrected chi connectivity index (χ4v) is 3.19. The summed E-state index contributed by atoms with van der Waals surface area (Å²) in [5.74, 6) is 0.763. The minimum absolute atomic E-state index is 0.108. The molecule has 1 aromatic carbocycles. The molecule has 2 rings (SSSR count). The summed E-state index contributed by atoms with van der Waals surface area (Å²) < 4.78 is 0. The molecule has 1 aliphatic rings. The van der Waals surface area contributed by atoms with Crippen molar-refractivity contribution in [3.05, 3.63) is 29.3 Å². The van der Waals surface area contributed by atoms with Crippen LogP contribution in [-0.4, -0.2) is 13.0 Å². The van der Waals surface area contributed by atoms with Crippen LogP contribution in [0.4, 0.5) is 5.69 Å². The van der Waals surface area contributed by atoms with Gasteiger partial charge in [-0.15, -0.1) is 0 Å². The Morgan fingerprint density at radius 2 is 2.15 bits per heavy atom. The summed E-state index contributed by atoms with van der Waals surface area (Å²) in [6.07, 6.45) is 5.48. The number of rotatable bonds is 7. The minimum Gasteiger partial charge on any atom is -0.326 e. The fourth-order valence-electron chi connectivity index (χ4n) is 3.19. The van der Waals surface area contributed by atoms with Crippen molar-refractivity contribution >= 4 is 11.6 Å². The predicted octanol–water partition coefficient (Wildman–Crippen LogP) is 3.66. The van der Waals surface area contributed by atoms with Gasteiger partial charge >= 0.3 is 0 Å². The molecule has 3 heteroatoms. The summed E-state index contributed by atoms with van der Waals surface area (Å²) in [5.41, 5.74) is 3.43. The van der Waals surface area contributed by atoms with Crippen LogP contribution < -0.4 is 10.6 Å². The average molecular weight is 274 g/mol. The summed E-state index contributed by atoms with van der Waals surface area (Å²) in [5, 5.41) is 6.38. The number of benzene rings is 1. The average Bonchev–Trinajstić information content (AvgIpc) is 2.82. The summed E-state index contributed by atoms with van der Waals surface area (Å²) in [6, 6.07) is 6.78. The van der Waals surface area contributed by atoms with E-state index < -0.39 is 0 Å². The van der Waals surface area contributed by atoms with Gasteiger partial charge in [-0.05, 0) is 36.6 Å². The topological polar surface area (TPSA) is 41.1 Å². The first-order valence-electron chi connectivity index (χ1n) is 7.79. The van der Waals surface area contributed by atoms with Crippen molar-refractivity contribution in [2.45, 2.75) is 52.0 Å². The van der Waals surface area contributed by atoms with E-state index in [9.17, 15) is 4.79 Å². The molecule has 110 valence electrons. The van der Waals surface area contributed by atoms with Gasteiger partial charge in [0.2, 0.25) is 5.91 Å². The number of carbonyl (C=O) groups excluding carboxylic acids is 1. The maximum absolute atomic E-state index is 11.5. The Morgan fingerprint density at radius 1 is 1.35 bits per heavy atom. The highest BCUT2D eigenvalue weighted by Crippen LogP contribution is 2.32. The van der Waals surface area contributed by atoms with Crippen molar-refractivity contribution in [2.75, 3.05) is 12.4 Å². The zero-order valence-corrected chi connectivity index (χ0v) is 12.8. The van der Waals surface area contributed by atoms with Crippen LogP contribution >= 0.6 is 0 Å². The Morgan fingerprint density at radius 3 is 2.80 bits per heavy atom. The smallest absolute Gasteiger partial charge is 0.228 e. The molecule has 2 atom stereocenters. The van der Waals surface area contributed by atoms with Gasteiger partial charge in [0.05, 0.1) is 6.42 Å². The second-order valence-corrected chi connectivity index (χ2v) is 5.72. The highest BCUT2D eigenvalue weighted by molar-refractivity contribution is 5.99. The van der Waals surface area contributed by atoms with Crippen LogP contribution in [0, 0.1) is 5.92 Å². The molecule has 1 amide bonds. The Balaban J connectivity index is 2.19. The summed E-state index contributed by atoms with van der Waals surface area (Å²) in [7, 11) is 2.04. The first kappa shape index (κ1) is 15.0. The molecule has 0 saturated heterocycles. The largest absolute Gasteiger partial charge is 0.326 e. The zero-order valence-electron chi connectivity index (χ0n) is 12.8. The lowest BCUT2D eigenvalue weighted by atomic mass is 9.86. The molecule has 0 bridgehead atoms. The molecule has 0 radical (unpaired) electrons. The van der Waals surface area contributed by atoms with E-state index in [1.807, 2.05) is 13.1 Å². The molecule has 20 heavy (non-hydrogen) atoms. The molecule has 0 aromatic heterocycles. The van der Waals surface area contributed by atoms with E-state index in [-0.39, 0.29) is 5.91 Å². The third-order valence-electron chi connectivity index (χ3n) is 4.35. The third kappa shape index (κ3) is 3.21. The molecule has 0 spiro atoms. The molecular weight excluding hydrogens is 248 g/mol. The lowest BCUT2D eigenvalue weighted by molar-refractivity contribution is -0.115. The molecular formula is C17H26N2O. The van der Waals surface area contributed by atoms with Gasteiger partial charge in [-0.1, -0.05) is 45.2 Å². The van der Waals surface area contributed by atoms with Gasteiger partial charge in [-0.3, -0.25) is 4.79 Å². The first-order valence-corrected chi connectivity index (χ1v) is 7.79. The van der Waals surface area contributed by atoms with Crippen molar-refractivity contribution in [1.29, 1.82) is 0 Å². The predicted molar refractivity (Wildman–Crippen MR) is 83.9 cm³/mol. The van der Waals surface area contributed by atoms with Crippen molar-refractivity contribution < 1.29 is 4.79 Å². The normalized spacial score (nSPS) is 16.6. The standard InChI is InChI=1S/C17H26N2O/c1-4-6-7-12(5-2)17(18-3)13-8-9-15-14(10-13)11-16(20)19-15/h8-10,12,17-18H,4-7,11H2,1-3H3,(H,19,20). The molecule has 0 saturated carbocycles. The number of anilines is 1. The number of nitrogens with one attached hydrogen (secondary N) is 2. The van der Waals surface area contributed by atoms with Crippen LogP contribution in [-0.2, 0) is 11.2 Å². The van der Waals surface area contributed by atoms with Gasteiger partial charge in [0, 0.05) is 11.7 Å². The van der Waals surface area contributed by atoms with Crippen molar-refractivity contribution in [1.82, 2.24) is 5.32 Å². The Hall–Kier alpha value is -1.35. The Bertz CT molecular complexity index is 470. The lowest BCUT2D eigenvalue weighted by Crippen LogP contribution is -2.25. The highest BCUT2D eigenvalue weighted by Gasteiger charge is 2.23. The quantitative estimate of drug-likeness (QED) is 0.796. The van der Waals surface area contributed by atoms with E-state index in [0.29, 0.717) is 18.4 Å². The number of hydrogen-bond acceptors (Lipinski definition) is 2. The number of unbranched alkanes of at least 4 members (excludes halogenated alkanes) is 1. The molecule has 0 fully saturated rings. The molecule has 1 aliphatic heterocycles. The fraction of sp³-hybridized carbons (Fsp3) is 0.588. The minimum atomic E-state index is 0.108. The van der Waals surface area contributed by atoms with Crippen LogP contribution in [0.25, 0.3) is 0 Å². The van der Waals surface area contributed by atoms with E-state index in [0.717, 1.165) is 11.3 Å². The van der Waals surface area contributed by atoms with Crippen molar-refractivity contribution in [3.8, 4) is 0 Å². The third-order valence-corrected chi connectivity index (χ3v) is 4.35. The SMILES string of the molecule is CCCCC(CC)C(NC)c1ccc2c(c1)CC(=O)N2. The Labute approximate surface area is 122 Å². The molecule has 2 unspecified atom stereocenters. The molecule has 2 N–H and O–H groups in total. The van der Waals surface area contributed by atoms with Crippen molar-refractivity contribution in [3.63, 3.8) is 0 Å². The number of hydrogen-bond donors (Lipinski definition) is 2. The molecule has 0 aliphatic carbocycles. The molecule has 1 aromatic rings. The highest BCUT2D eigenvalue weighted by atomic mass is 16.1. The van der Waals surface area contributed by atoms with Gasteiger partial charge in [0.1, 0.15) is 0 Å². The van der Waals surface area contributed by atoms with E-state index in [2.05, 4.69) is 36.6 Å². The number of fused-ring (bicyclic) bond motifs is 1. The monoisotopic (exact) mass is 274 g/mol. The second-order valence-electron chi connectivity index (χ2n) is 5.72. The number of amides is 1. The van der Waals surface area contributed by atoms with Gasteiger partial charge < -0.3 is 10.6 Å². The maximum atomic E-state index is 11.5. The van der Waals surface area contributed by atoms with E-state index in [1.54, 1.807) is 0 Å². The van der Waals surface area contributed by atoms with Crippen LogP contribution in [0.1, 0.15) is 56.7 Å². The van der Waals surface area contributed by atoms with Crippen LogP contribution in [0.3, 0.4) is 0 Å². The van der Waals surface area contributed by atoms with Gasteiger partial charge in [-0.25, -0.2) is 0 Å². The summed E-state index contributed by atoms with van der Waals surface area (Å²) in [6.45, 7) is 4.51. The van der Waals surface area contributed by atoms with E-state index >= 15 is 0 Å².